The molecule has 0 radical (unpaired) electrons. The van der Waals surface area contributed by atoms with Crippen molar-refractivity contribution in [1.29, 1.82) is 0 Å². The standard InChI is InChI=1S/C21H38N2O2Si/c1-21(2,3)26(5,6)25-18-20(24-4)17-23-14-12-22(13-15-23)16-19-10-8-7-9-11-19/h7-11,20H,12-18H2,1-6H3. The largest absolute Gasteiger partial charge is 0.414 e. The summed E-state index contributed by atoms with van der Waals surface area (Å²) in [6, 6.07) is 10.8. The van der Waals surface area contributed by atoms with E-state index in [1.807, 2.05) is 7.11 Å². The van der Waals surface area contributed by atoms with Crippen molar-refractivity contribution in [3.8, 4) is 0 Å². The quantitative estimate of drug-likeness (QED) is 0.642. The van der Waals surface area contributed by atoms with E-state index < -0.39 is 8.32 Å². The zero-order chi connectivity index (χ0) is 19.2. The van der Waals surface area contributed by atoms with Gasteiger partial charge < -0.3 is 9.16 Å². The minimum Gasteiger partial charge on any atom is -0.414 e. The molecule has 5 heteroatoms. The number of hydrogen-bond acceptors (Lipinski definition) is 4. The van der Waals surface area contributed by atoms with E-state index >= 15 is 0 Å². The van der Waals surface area contributed by atoms with Gasteiger partial charge in [-0.1, -0.05) is 51.1 Å². The van der Waals surface area contributed by atoms with Gasteiger partial charge in [-0.15, -0.1) is 0 Å². The van der Waals surface area contributed by atoms with Crippen LogP contribution in [0.4, 0.5) is 0 Å². The number of hydrogen-bond donors (Lipinski definition) is 0. The van der Waals surface area contributed by atoms with Crippen molar-refractivity contribution >= 4 is 8.32 Å². The lowest BCUT2D eigenvalue weighted by atomic mass is 10.2. The Morgan fingerprint density at radius 2 is 1.58 bits per heavy atom. The van der Waals surface area contributed by atoms with Gasteiger partial charge >= 0.3 is 0 Å². The summed E-state index contributed by atoms with van der Waals surface area (Å²) in [5.41, 5.74) is 1.40. The number of methoxy groups -OCH3 is 1. The van der Waals surface area contributed by atoms with Gasteiger partial charge in [0, 0.05) is 46.4 Å². The highest BCUT2D eigenvalue weighted by molar-refractivity contribution is 6.74. The lowest BCUT2D eigenvalue weighted by molar-refractivity contribution is 0.0121. The first-order valence-electron chi connectivity index (χ1n) is 9.86. The van der Waals surface area contributed by atoms with Crippen LogP contribution in [0.1, 0.15) is 26.3 Å². The summed E-state index contributed by atoms with van der Waals surface area (Å²) in [5, 5.41) is 0.244. The molecular weight excluding hydrogens is 340 g/mol. The molecular formula is C21H38N2O2Si. The maximum Gasteiger partial charge on any atom is 0.192 e. The normalized spacial score (nSPS) is 18.8. The molecule has 1 fully saturated rings. The molecule has 1 atom stereocenters. The van der Waals surface area contributed by atoms with Crippen LogP contribution in [0.25, 0.3) is 0 Å². The third-order valence-corrected chi connectivity index (χ3v) is 10.4. The summed E-state index contributed by atoms with van der Waals surface area (Å²) in [6.07, 6.45) is 0.157. The Bertz CT molecular complexity index is 523. The van der Waals surface area contributed by atoms with Crippen LogP contribution in [-0.2, 0) is 15.7 Å². The van der Waals surface area contributed by atoms with E-state index in [-0.39, 0.29) is 11.1 Å². The first-order chi connectivity index (χ1) is 12.2. The fourth-order valence-electron chi connectivity index (χ4n) is 2.97. The summed E-state index contributed by atoms with van der Waals surface area (Å²) in [6.45, 7) is 18.6. The summed E-state index contributed by atoms with van der Waals surface area (Å²) in [7, 11) is 0.100. The van der Waals surface area contributed by atoms with Gasteiger partial charge in [0.15, 0.2) is 8.32 Å². The molecule has 148 valence electrons. The number of nitrogens with zero attached hydrogens (tertiary/aromatic N) is 2. The molecule has 1 aliphatic rings. The molecule has 0 bridgehead atoms. The Morgan fingerprint density at radius 3 is 2.12 bits per heavy atom. The van der Waals surface area contributed by atoms with Crippen molar-refractivity contribution in [3.05, 3.63) is 35.9 Å². The van der Waals surface area contributed by atoms with Crippen molar-refractivity contribution in [2.45, 2.75) is 51.6 Å². The average Bonchev–Trinajstić information content (AvgIpc) is 2.60. The fourth-order valence-corrected chi connectivity index (χ4v) is 4.01. The van der Waals surface area contributed by atoms with Crippen LogP contribution in [0.15, 0.2) is 30.3 Å². The van der Waals surface area contributed by atoms with E-state index in [1.165, 1.54) is 5.56 Å². The molecule has 1 aliphatic heterocycles. The third-order valence-electron chi connectivity index (χ3n) is 5.95. The minimum absolute atomic E-state index is 0.157. The zero-order valence-corrected chi connectivity index (χ0v) is 18.6. The average molecular weight is 379 g/mol. The van der Waals surface area contributed by atoms with Gasteiger partial charge in [-0.05, 0) is 23.7 Å². The second kappa shape index (κ2) is 9.47. The van der Waals surface area contributed by atoms with Gasteiger partial charge in [-0.25, -0.2) is 0 Å². The highest BCUT2D eigenvalue weighted by atomic mass is 28.4. The summed E-state index contributed by atoms with van der Waals surface area (Å²) >= 11 is 0. The summed E-state index contributed by atoms with van der Waals surface area (Å²) in [5.74, 6) is 0. The highest BCUT2D eigenvalue weighted by Crippen LogP contribution is 2.36. The van der Waals surface area contributed by atoms with E-state index in [9.17, 15) is 0 Å². The van der Waals surface area contributed by atoms with Crippen molar-refractivity contribution in [3.63, 3.8) is 0 Å². The Kier molecular flexibility index (Phi) is 7.86. The Balaban J connectivity index is 1.74. The number of rotatable bonds is 8. The van der Waals surface area contributed by atoms with Crippen molar-refractivity contribution in [1.82, 2.24) is 9.80 Å². The second-order valence-electron chi connectivity index (χ2n) is 8.99. The SMILES string of the molecule is COC(CO[Si](C)(C)C(C)(C)C)CN1CCN(Cc2ccccc2)CC1. The first-order valence-corrected chi connectivity index (χ1v) is 12.8. The molecule has 1 aromatic carbocycles. The fraction of sp³-hybridized carbons (Fsp3) is 0.714. The molecule has 0 aliphatic carbocycles. The maximum atomic E-state index is 6.37. The molecule has 0 amide bonds. The zero-order valence-electron chi connectivity index (χ0n) is 17.6. The van der Waals surface area contributed by atoms with Crippen LogP contribution in [0.3, 0.4) is 0 Å². The van der Waals surface area contributed by atoms with Gasteiger partial charge in [0.1, 0.15) is 0 Å². The van der Waals surface area contributed by atoms with Gasteiger partial charge in [0.2, 0.25) is 0 Å². The molecule has 0 spiro atoms. The molecule has 1 unspecified atom stereocenters. The van der Waals surface area contributed by atoms with Crippen molar-refractivity contribution in [2.24, 2.45) is 0 Å². The molecule has 1 heterocycles. The van der Waals surface area contributed by atoms with Crippen molar-refractivity contribution < 1.29 is 9.16 Å². The van der Waals surface area contributed by atoms with E-state index in [1.54, 1.807) is 0 Å². The summed E-state index contributed by atoms with van der Waals surface area (Å²) < 4.78 is 12.1. The molecule has 4 nitrogen and oxygen atoms in total. The smallest absolute Gasteiger partial charge is 0.192 e. The third kappa shape index (κ3) is 6.46. The number of ether oxygens (including phenoxy) is 1. The summed E-state index contributed by atoms with van der Waals surface area (Å²) in [4.78, 5) is 5.06. The predicted octanol–water partition coefficient (Wildman–Crippen LogP) is 3.84. The van der Waals surface area contributed by atoms with E-state index in [0.717, 1.165) is 39.3 Å². The molecule has 0 saturated carbocycles. The predicted molar refractivity (Wildman–Crippen MR) is 112 cm³/mol. The van der Waals surface area contributed by atoms with Crippen LogP contribution in [0.5, 0.6) is 0 Å². The van der Waals surface area contributed by atoms with Crippen LogP contribution in [0, 0.1) is 0 Å². The van der Waals surface area contributed by atoms with Crippen molar-refractivity contribution in [2.75, 3.05) is 46.4 Å². The van der Waals surface area contributed by atoms with Gasteiger partial charge in [0.05, 0.1) is 12.7 Å². The van der Waals surface area contributed by atoms with Crippen LogP contribution in [0.2, 0.25) is 18.1 Å². The number of piperazine rings is 1. The molecule has 1 aromatic rings. The van der Waals surface area contributed by atoms with E-state index in [4.69, 9.17) is 9.16 Å². The molecule has 26 heavy (non-hydrogen) atoms. The number of benzene rings is 1. The monoisotopic (exact) mass is 378 g/mol. The van der Waals surface area contributed by atoms with Crippen LogP contribution >= 0.6 is 0 Å². The van der Waals surface area contributed by atoms with Gasteiger partial charge in [0.25, 0.3) is 0 Å². The highest BCUT2D eigenvalue weighted by Gasteiger charge is 2.37. The van der Waals surface area contributed by atoms with Gasteiger partial charge in [-0.3, -0.25) is 9.80 Å². The van der Waals surface area contributed by atoms with Crippen LogP contribution in [-0.4, -0.2) is 70.7 Å². The van der Waals surface area contributed by atoms with Crippen LogP contribution < -0.4 is 0 Å². The topological polar surface area (TPSA) is 24.9 Å². The molecule has 0 N–H and O–H groups in total. The van der Waals surface area contributed by atoms with E-state index in [2.05, 4.69) is 74.0 Å². The molecule has 0 aromatic heterocycles. The van der Waals surface area contributed by atoms with E-state index in [0.29, 0.717) is 6.61 Å². The Morgan fingerprint density at radius 1 is 1.00 bits per heavy atom. The second-order valence-corrected chi connectivity index (χ2v) is 13.8. The lowest BCUT2D eigenvalue weighted by Gasteiger charge is -2.39. The lowest BCUT2D eigenvalue weighted by Crippen LogP contribution is -2.50. The molecule has 2 rings (SSSR count). The minimum atomic E-state index is -1.71. The maximum absolute atomic E-state index is 6.37. The van der Waals surface area contributed by atoms with Gasteiger partial charge in [-0.2, -0.15) is 0 Å². The molecule has 1 saturated heterocycles. The Hall–Kier alpha value is -0.723. The Labute approximate surface area is 161 Å². The first kappa shape index (κ1) is 21.6.